The molecule has 1 amide bonds. The van der Waals surface area contributed by atoms with Crippen LogP contribution in [0.15, 0.2) is 30.5 Å². The summed E-state index contributed by atoms with van der Waals surface area (Å²) >= 11 is 0. The van der Waals surface area contributed by atoms with Gasteiger partial charge in [-0.3, -0.25) is 14.9 Å². The fourth-order valence-corrected chi connectivity index (χ4v) is 1.94. The molecule has 5 nitrogen and oxygen atoms in total. The van der Waals surface area contributed by atoms with Gasteiger partial charge in [-0.15, -0.1) is 0 Å². The van der Waals surface area contributed by atoms with E-state index in [1.165, 1.54) is 0 Å². The molecule has 1 atom stereocenters. The van der Waals surface area contributed by atoms with Gasteiger partial charge in [0.15, 0.2) is 5.78 Å². The Morgan fingerprint density at radius 3 is 2.79 bits per heavy atom. The lowest BCUT2D eigenvalue weighted by atomic mass is 10.0. The maximum Gasteiger partial charge on any atom is 0.233 e. The molecule has 0 saturated carbocycles. The number of ketones is 1. The summed E-state index contributed by atoms with van der Waals surface area (Å²) in [7, 11) is 1.57. The van der Waals surface area contributed by atoms with E-state index in [1.807, 2.05) is 24.3 Å². The van der Waals surface area contributed by atoms with E-state index >= 15 is 0 Å². The van der Waals surface area contributed by atoms with E-state index in [0.29, 0.717) is 5.56 Å². The summed E-state index contributed by atoms with van der Waals surface area (Å²) in [4.78, 5) is 26.5. The molecule has 0 aliphatic rings. The van der Waals surface area contributed by atoms with Crippen molar-refractivity contribution in [3.63, 3.8) is 0 Å². The number of hydrogen-bond donors (Lipinski definition) is 3. The van der Waals surface area contributed by atoms with Crippen LogP contribution in [0.25, 0.3) is 10.9 Å². The predicted octanol–water partition coefficient (Wildman–Crippen LogP) is 1.07. The van der Waals surface area contributed by atoms with Crippen LogP contribution < -0.4 is 10.6 Å². The molecule has 3 N–H and O–H groups in total. The zero-order valence-electron chi connectivity index (χ0n) is 11.0. The van der Waals surface area contributed by atoms with Gasteiger partial charge in [-0.25, -0.2) is 0 Å². The SMILES string of the molecule is CNC(=O)CN[C@@H](C)C(=O)c1c[nH]c2ccccc12. The van der Waals surface area contributed by atoms with Gasteiger partial charge in [0.05, 0.1) is 12.6 Å². The van der Waals surface area contributed by atoms with Crippen molar-refractivity contribution in [2.45, 2.75) is 13.0 Å². The van der Waals surface area contributed by atoms with E-state index in [0.717, 1.165) is 10.9 Å². The summed E-state index contributed by atoms with van der Waals surface area (Å²) in [5, 5.41) is 6.32. The Morgan fingerprint density at radius 2 is 2.05 bits per heavy atom. The van der Waals surface area contributed by atoms with Crippen molar-refractivity contribution in [3.05, 3.63) is 36.0 Å². The average molecular weight is 259 g/mol. The van der Waals surface area contributed by atoms with Crippen LogP contribution in [0.2, 0.25) is 0 Å². The third kappa shape index (κ3) is 2.82. The van der Waals surface area contributed by atoms with Crippen LogP contribution in [0, 0.1) is 0 Å². The number of hydrogen-bond acceptors (Lipinski definition) is 3. The van der Waals surface area contributed by atoms with E-state index in [-0.39, 0.29) is 18.2 Å². The highest BCUT2D eigenvalue weighted by Crippen LogP contribution is 2.18. The Hall–Kier alpha value is -2.14. The number of aromatic amines is 1. The topological polar surface area (TPSA) is 74.0 Å². The Kier molecular flexibility index (Phi) is 3.97. The van der Waals surface area contributed by atoms with Crippen LogP contribution in [0.5, 0.6) is 0 Å². The Balaban J connectivity index is 2.13. The Labute approximate surface area is 111 Å². The lowest BCUT2D eigenvalue weighted by Crippen LogP contribution is -2.40. The van der Waals surface area contributed by atoms with Gasteiger partial charge < -0.3 is 10.3 Å². The number of rotatable bonds is 5. The molecular weight excluding hydrogens is 242 g/mol. The maximum atomic E-state index is 12.3. The number of amides is 1. The first-order chi connectivity index (χ1) is 9.13. The van der Waals surface area contributed by atoms with E-state index in [1.54, 1.807) is 20.2 Å². The van der Waals surface area contributed by atoms with Gasteiger partial charge in [0.2, 0.25) is 5.91 Å². The predicted molar refractivity (Wildman–Crippen MR) is 74.2 cm³/mol. The van der Waals surface area contributed by atoms with Crippen molar-refractivity contribution >= 4 is 22.6 Å². The maximum absolute atomic E-state index is 12.3. The summed E-state index contributed by atoms with van der Waals surface area (Å²) in [5.41, 5.74) is 1.58. The lowest BCUT2D eigenvalue weighted by molar-refractivity contribution is -0.119. The number of Topliss-reactive ketones (excluding diaryl/α,β-unsaturated/α-hetero) is 1. The zero-order chi connectivity index (χ0) is 13.8. The number of H-pyrrole nitrogens is 1. The number of carbonyl (C=O) groups excluding carboxylic acids is 2. The summed E-state index contributed by atoms with van der Waals surface area (Å²) in [5.74, 6) is -0.167. The summed E-state index contributed by atoms with van der Waals surface area (Å²) < 4.78 is 0. The molecule has 100 valence electrons. The summed E-state index contributed by atoms with van der Waals surface area (Å²) in [6.45, 7) is 1.89. The quantitative estimate of drug-likeness (QED) is 0.703. The lowest BCUT2D eigenvalue weighted by Gasteiger charge is -2.11. The van der Waals surface area contributed by atoms with Crippen LogP contribution in [-0.4, -0.2) is 36.3 Å². The molecule has 0 aliphatic heterocycles. The van der Waals surface area contributed by atoms with Crippen LogP contribution in [0.1, 0.15) is 17.3 Å². The monoisotopic (exact) mass is 259 g/mol. The van der Waals surface area contributed by atoms with Gasteiger partial charge in [0, 0.05) is 29.7 Å². The van der Waals surface area contributed by atoms with E-state index in [4.69, 9.17) is 0 Å². The Bertz CT molecular complexity index is 604. The molecule has 0 spiro atoms. The molecule has 2 rings (SSSR count). The standard InChI is InChI=1S/C14H17N3O2/c1-9(16-8-13(18)15-2)14(19)11-7-17-12-6-4-3-5-10(11)12/h3-7,9,16-17H,8H2,1-2H3,(H,15,18)/t9-/m0/s1. The number of para-hydroxylation sites is 1. The number of carbonyl (C=O) groups is 2. The zero-order valence-corrected chi connectivity index (χ0v) is 11.0. The molecule has 0 unspecified atom stereocenters. The minimum Gasteiger partial charge on any atom is -0.360 e. The molecule has 0 fully saturated rings. The third-order valence-corrected chi connectivity index (χ3v) is 3.10. The average Bonchev–Trinajstić information content (AvgIpc) is 2.87. The second-order valence-corrected chi connectivity index (χ2v) is 4.39. The Morgan fingerprint density at radius 1 is 1.32 bits per heavy atom. The second-order valence-electron chi connectivity index (χ2n) is 4.39. The largest absolute Gasteiger partial charge is 0.360 e. The fraction of sp³-hybridized carbons (Fsp3) is 0.286. The van der Waals surface area contributed by atoms with E-state index < -0.39 is 6.04 Å². The minimum atomic E-state index is -0.406. The first-order valence-corrected chi connectivity index (χ1v) is 6.17. The minimum absolute atomic E-state index is 0.0265. The molecule has 19 heavy (non-hydrogen) atoms. The van der Waals surface area contributed by atoms with Crippen LogP contribution in [-0.2, 0) is 4.79 Å². The molecule has 0 saturated heterocycles. The van der Waals surface area contributed by atoms with Crippen molar-refractivity contribution in [2.24, 2.45) is 0 Å². The van der Waals surface area contributed by atoms with Gasteiger partial charge in [-0.1, -0.05) is 18.2 Å². The molecule has 0 bridgehead atoms. The van der Waals surface area contributed by atoms with Gasteiger partial charge in [-0.05, 0) is 13.0 Å². The van der Waals surface area contributed by atoms with Crippen molar-refractivity contribution in [1.29, 1.82) is 0 Å². The third-order valence-electron chi connectivity index (χ3n) is 3.10. The fourth-order valence-electron chi connectivity index (χ4n) is 1.94. The van der Waals surface area contributed by atoms with Crippen LogP contribution >= 0.6 is 0 Å². The van der Waals surface area contributed by atoms with Crippen molar-refractivity contribution in [2.75, 3.05) is 13.6 Å². The smallest absolute Gasteiger partial charge is 0.233 e. The van der Waals surface area contributed by atoms with Gasteiger partial charge in [0.25, 0.3) is 0 Å². The van der Waals surface area contributed by atoms with E-state index in [2.05, 4.69) is 15.6 Å². The van der Waals surface area contributed by atoms with Crippen molar-refractivity contribution in [3.8, 4) is 0 Å². The first-order valence-electron chi connectivity index (χ1n) is 6.17. The highest BCUT2D eigenvalue weighted by atomic mass is 16.2. The molecule has 2 aromatic rings. The highest BCUT2D eigenvalue weighted by Gasteiger charge is 2.18. The van der Waals surface area contributed by atoms with E-state index in [9.17, 15) is 9.59 Å². The molecule has 0 radical (unpaired) electrons. The normalized spacial score (nSPS) is 12.3. The number of aromatic nitrogens is 1. The van der Waals surface area contributed by atoms with Gasteiger partial charge in [0.1, 0.15) is 0 Å². The van der Waals surface area contributed by atoms with Crippen molar-refractivity contribution < 1.29 is 9.59 Å². The number of likely N-dealkylation sites (N-methyl/N-ethyl adjacent to an activating group) is 1. The first kappa shape index (κ1) is 13.3. The number of fused-ring (bicyclic) bond motifs is 1. The van der Waals surface area contributed by atoms with Crippen molar-refractivity contribution in [1.82, 2.24) is 15.6 Å². The number of nitrogens with one attached hydrogen (secondary N) is 3. The van der Waals surface area contributed by atoms with Gasteiger partial charge in [-0.2, -0.15) is 0 Å². The molecule has 1 aromatic carbocycles. The summed E-state index contributed by atoms with van der Waals surface area (Å²) in [6, 6.07) is 7.24. The second kappa shape index (κ2) is 5.67. The number of benzene rings is 1. The van der Waals surface area contributed by atoms with Gasteiger partial charge >= 0.3 is 0 Å². The van der Waals surface area contributed by atoms with Crippen LogP contribution in [0.3, 0.4) is 0 Å². The highest BCUT2D eigenvalue weighted by molar-refractivity contribution is 6.10. The van der Waals surface area contributed by atoms with Crippen LogP contribution in [0.4, 0.5) is 0 Å². The molecule has 5 heteroatoms. The molecule has 0 aliphatic carbocycles. The molecule has 1 heterocycles. The summed E-state index contributed by atoms with van der Waals surface area (Å²) in [6.07, 6.45) is 1.71. The molecular formula is C14H17N3O2. The molecule has 1 aromatic heterocycles.